The van der Waals surface area contributed by atoms with Crippen molar-refractivity contribution in [1.29, 1.82) is 0 Å². The van der Waals surface area contributed by atoms with E-state index in [0.29, 0.717) is 17.9 Å². The molecule has 1 amide bonds. The molecule has 2 atom stereocenters. The van der Waals surface area contributed by atoms with E-state index in [0.717, 1.165) is 11.1 Å². The first-order valence-corrected chi connectivity index (χ1v) is 8.38. The zero-order valence-corrected chi connectivity index (χ0v) is 15.4. The molecule has 0 spiro atoms. The highest BCUT2D eigenvalue weighted by Crippen LogP contribution is 2.30. The molecule has 0 heterocycles. The summed E-state index contributed by atoms with van der Waals surface area (Å²) in [4.78, 5) is 12.5. The largest absolute Gasteiger partial charge is 0.504 e. The molecule has 2 rings (SSSR count). The molecule has 0 saturated heterocycles. The lowest BCUT2D eigenvalue weighted by atomic mass is 9.99. The van der Waals surface area contributed by atoms with E-state index in [1.807, 2.05) is 26.0 Å². The van der Waals surface area contributed by atoms with Crippen LogP contribution in [-0.2, 0) is 11.2 Å². The van der Waals surface area contributed by atoms with Crippen LogP contribution in [0.2, 0.25) is 0 Å². The third-order valence-corrected chi connectivity index (χ3v) is 4.30. The first-order chi connectivity index (χ1) is 12.3. The number of phenols is 2. The van der Waals surface area contributed by atoms with Crippen LogP contribution in [0.1, 0.15) is 31.0 Å². The molecular formula is C20H25NO5. The molecule has 2 aromatic rings. The third kappa shape index (κ3) is 4.59. The van der Waals surface area contributed by atoms with Gasteiger partial charge in [-0.25, -0.2) is 0 Å². The number of nitrogens with one attached hydrogen (secondary N) is 1. The predicted octanol–water partition coefficient (Wildman–Crippen LogP) is 3.17. The van der Waals surface area contributed by atoms with Crippen LogP contribution in [0.15, 0.2) is 36.4 Å². The topological polar surface area (TPSA) is 88.0 Å². The van der Waals surface area contributed by atoms with Gasteiger partial charge in [-0.3, -0.25) is 4.79 Å². The van der Waals surface area contributed by atoms with Crippen LogP contribution in [0.25, 0.3) is 0 Å². The molecule has 26 heavy (non-hydrogen) atoms. The number of carbonyl (C=O) groups excluding carboxylic acids is 1. The van der Waals surface area contributed by atoms with Gasteiger partial charge < -0.3 is 25.0 Å². The summed E-state index contributed by atoms with van der Waals surface area (Å²) in [7, 11) is 3.14. The van der Waals surface area contributed by atoms with Crippen LogP contribution in [0.3, 0.4) is 0 Å². The molecule has 6 heteroatoms. The maximum atomic E-state index is 12.5. The maximum Gasteiger partial charge on any atom is 0.223 e. The lowest BCUT2D eigenvalue weighted by Crippen LogP contribution is -2.32. The van der Waals surface area contributed by atoms with Crippen molar-refractivity contribution in [2.75, 3.05) is 14.2 Å². The van der Waals surface area contributed by atoms with Gasteiger partial charge in [0.15, 0.2) is 23.0 Å². The van der Waals surface area contributed by atoms with E-state index in [-0.39, 0.29) is 29.4 Å². The number of hydrogen-bond donors (Lipinski definition) is 3. The van der Waals surface area contributed by atoms with Crippen molar-refractivity contribution in [2.24, 2.45) is 5.92 Å². The van der Waals surface area contributed by atoms with Crippen LogP contribution >= 0.6 is 0 Å². The van der Waals surface area contributed by atoms with Gasteiger partial charge in [0.2, 0.25) is 5.91 Å². The molecule has 0 aliphatic rings. The SMILES string of the molecule is COc1ccc(C(C)NC(=O)C(C)Cc2ccc(O)c(O)c2)cc1OC. The number of carbonyl (C=O) groups is 1. The van der Waals surface area contributed by atoms with Crippen LogP contribution in [0, 0.1) is 5.92 Å². The average Bonchev–Trinajstić information content (AvgIpc) is 2.63. The van der Waals surface area contributed by atoms with Crippen molar-refractivity contribution in [3.05, 3.63) is 47.5 Å². The summed E-state index contributed by atoms with van der Waals surface area (Å²) in [5, 5.41) is 21.9. The molecule has 0 fully saturated rings. The number of phenolic OH excluding ortho intramolecular Hbond substituents is 2. The second-order valence-electron chi connectivity index (χ2n) is 6.27. The van der Waals surface area contributed by atoms with Gasteiger partial charge in [-0.15, -0.1) is 0 Å². The first kappa shape index (κ1) is 19.4. The second-order valence-corrected chi connectivity index (χ2v) is 6.27. The number of hydrogen-bond acceptors (Lipinski definition) is 5. The highest BCUT2D eigenvalue weighted by molar-refractivity contribution is 5.79. The summed E-state index contributed by atoms with van der Waals surface area (Å²) in [6, 6.07) is 9.91. The summed E-state index contributed by atoms with van der Waals surface area (Å²) in [5.74, 6) is 0.497. The normalized spacial score (nSPS) is 12.9. The van der Waals surface area contributed by atoms with Crippen LogP contribution in [0.5, 0.6) is 23.0 Å². The van der Waals surface area contributed by atoms with Gasteiger partial charge in [0.05, 0.1) is 20.3 Å². The Bertz CT molecular complexity index is 775. The summed E-state index contributed by atoms with van der Waals surface area (Å²) in [6.07, 6.45) is 0.457. The molecule has 2 aromatic carbocycles. The van der Waals surface area contributed by atoms with Crippen LogP contribution < -0.4 is 14.8 Å². The molecule has 3 N–H and O–H groups in total. The minimum absolute atomic E-state index is 0.0974. The minimum atomic E-state index is -0.290. The Hall–Kier alpha value is -2.89. The Kier molecular flexibility index (Phi) is 6.33. The molecule has 0 aliphatic heterocycles. The smallest absolute Gasteiger partial charge is 0.223 e. The Morgan fingerprint density at radius 2 is 1.69 bits per heavy atom. The van der Waals surface area contributed by atoms with Crippen molar-refractivity contribution in [3.8, 4) is 23.0 Å². The number of benzene rings is 2. The number of ether oxygens (including phenoxy) is 2. The van der Waals surface area contributed by atoms with Gasteiger partial charge in [-0.05, 0) is 48.7 Å². The highest BCUT2D eigenvalue weighted by Gasteiger charge is 2.18. The standard InChI is InChI=1S/C20H25NO5/c1-12(9-14-5-7-16(22)17(23)10-14)20(24)21-13(2)15-6-8-18(25-3)19(11-15)26-4/h5-8,10-13,22-23H,9H2,1-4H3,(H,21,24). The van der Waals surface area contributed by atoms with Gasteiger partial charge in [0.25, 0.3) is 0 Å². The molecule has 6 nitrogen and oxygen atoms in total. The molecule has 0 bridgehead atoms. The fourth-order valence-corrected chi connectivity index (χ4v) is 2.70. The minimum Gasteiger partial charge on any atom is -0.504 e. The second kappa shape index (κ2) is 8.47. The van der Waals surface area contributed by atoms with E-state index in [1.54, 1.807) is 26.4 Å². The number of aromatic hydroxyl groups is 2. The average molecular weight is 359 g/mol. The van der Waals surface area contributed by atoms with Crippen LogP contribution in [0.4, 0.5) is 0 Å². The van der Waals surface area contributed by atoms with Gasteiger partial charge in [0.1, 0.15) is 0 Å². The summed E-state index contributed by atoms with van der Waals surface area (Å²) >= 11 is 0. The van der Waals surface area contributed by atoms with Crippen LogP contribution in [-0.4, -0.2) is 30.3 Å². The van der Waals surface area contributed by atoms with Crippen molar-refractivity contribution < 1.29 is 24.5 Å². The predicted molar refractivity (Wildman–Crippen MR) is 98.7 cm³/mol. The number of methoxy groups -OCH3 is 2. The van der Waals surface area contributed by atoms with E-state index in [1.165, 1.54) is 12.1 Å². The quantitative estimate of drug-likeness (QED) is 0.661. The molecular weight excluding hydrogens is 334 g/mol. The Morgan fingerprint density at radius 3 is 2.31 bits per heavy atom. The van der Waals surface area contributed by atoms with Gasteiger partial charge in [-0.2, -0.15) is 0 Å². The van der Waals surface area contributed by atoms with Crippen molar-refractivity contribution >= 4 is 5.91 Å². The van der Waals surface area contributed by atoms with Gasteiger partial charge in [0, 0.05) is 5.92 Å². The maximum absolute atomic E-state index is 12.5. The molecule has 0 aromatic heterocycles. The monoisotopic (exact) mass is 359 g/mol. The molecule has 0 aliphatic carbocycles. The van der Waals surface area contributed by atoms with Crippen molar-refractivity contribution in [3.63, 3.8) is 0 Å². The Morgan fingerprint density at radius 1 is 1.00 bits per heavy atom. The zero-order valence-electron chi connectivity index (χ0n) is 15.4. The molecule has 2 unspecified atom stereocenters. The van der Waals surface area contributed by atoms with E-state index in [2.05, 4.69) is 5.32 Å². The number of rotatable bonds is 7. The molecule has 140 valence electrons. The van der Waals surface area contributed by atoms with Crippen molar-refractivity contribution in [1.82, 2.24) is 5.32 Å². The number of amides is 1. The highest BCUT2D eigenvalue weighted by atomic mass is 16.5. The summed E-state index contributed by atoms with van der Waals surface area (Å²) in [6.45, 7) is 3.72. The zero-order chi connectivity index (χ0) is 19.3. The summed E-state index contributed by atoms with van der Waals surface area (Å²) < 4.78 is 10.5. The van der Waals surface area contributed by atoms with E-state index >= 15 is 0 Å². The van der Waals surface area contributed by atoms with Crippen molar-refractivity contribution in [2.45, 2.75) is 26.3 Å². The Balaban J connectivity index is 2.02. The van der Waals surface area contributed by atoms with E-state index in [4.69, 9.17) is 9.47 Å². The van der Waals surface area contributed by atoms with E-state index in [9.17, 15) is 15.0 Å². The molecule has 0 saturated carbocycles. The first-order valence-electron chi connectivity index (χ1n) is 8.38. The van der Waals surface area contributed by atoms with Gasteiger partial charge >= 0.3 is 0 Å². The lowest BCUT2D eigenvalue weighted by Gasteiger charge is -2.19. The summed E-state index contributed by atoms with van der Waals surface area (Å²) in [5.41, 5.74) is 1.69. The Labute approximate surface area is 153 Å². The fraction of sp³-hybridized carbons (Fsp3) is 0.350. The van der Waals surface area contributed by atoms with Gasteiger partial charge in [-0.1, -0.05) is 19.1 Å². The molecule has 0 radical (unpaired) electrons. The third-order valence-electron chi connectivity index (χ3n) is 4.30. The lowest BCUT2D eigenvalue weighted by molar-refractivity contribution is -0.125. The fourth-order valence-electron chi connectivity index (χ4n) is 2.70. The van der Waals surface area contributed by atoms with E-state index < -0.39 is 0 Å².